The molecule has 1 aromatic carbocycles. The van der Waals surface area contributed by atoms with Crippen molar-refractivity contribution in [3.05, 3.63) is 41.0 Å². The summed E-state index contributed by atoms with van der Waals surface area (Å²) < 4.78 is 11.0. The number of nitrogens with one attached hydrogen (secondary N) is 1. The molecule has 21 heavy (non-hydrogen) atoms. The van der Waals surface area contributed by atoms with Crippen LogP contribution in [0.5, 0.6) is 5.75 Å². The Morgan fingerprint density at radius 3 is 2.81 bits per heavy atom. The Bertz CT molecular complexity index is 581. The van der Waals surface area contributed by atoms with E-state index in [1.807, 2.05) is 13.0 Å². The smallest absolute Gasteiger partial charge is 0.226 e. The van der Waals surface area contributed by atoms with Gasteiger partial charge in [0.15, 0.2) is 6.61 Å². The number of benzene rings is 1. The van der Waals surface area contributed by atoms with Crippen molar-refractivity contribution in [1.82, 2.24) is 15.5 Å². The van der Waals surface area contributed by atoms with Gasteiger partial charge in [-0.2, -0.15) is 4.98 Å². The van der Waals surface area contributed by atoms with Crippen molar-refractivity contribution in [3.63, 3.8) is 0 Å². The summed E-state index contributed by atoms with van der Waals surface area (Å²) in [4.78, 5) is 4.26. The Hall–Kier alpha value is -1.88. The highest BCUT2D eigenvalue weighted by molar-refractivity contribution is 5.39. The van der Waals surface area contributed by atoms with E-state index >= 15 is 0 Å². The van der Waals surface area contributed by atoms with Crippen molar-refractivity contribution in [2.24, 2.45) is 0 Å². The largest absolute Gasteiger partial charge is 0.485 e. The number of hydrogen-bond acceptors (Lipinski definition) is 5. The van der Waals surface area contributed by atoms with Gasteiger partial charge in [-0.15, -0.1) is 0 Å². The second-order valence-electron chi connectivity index (χ2n) is 5.07. The van der Waals surface area contributed by atoms with Crippen LogP contribution in [0.4, 0.5) is 0 Å². The quantitative estimate of drug-likeness (QED) is 0.848. The fraction of sp³-hybridized carbons (Fsp3) is 0.500. The molecule has 1 atom stereocenters. The predicted octanol–water partition coefficient (Wildman–Crippen LogP) is 3.19. The van der Waals surface area contributed by atoms with Gasteiger partial charge >= 0.3 is 0 Å². The van der Waals surface area contributed by atoms with Crippen molar-refractivity contribution in [3.8, 4) is 5.75 Å². The summed E-state index contributed by atoms with van der Waals surface area (Å²) in [5.74, 6) is 2.08. The molecule has 1 N–H and O–H groups in total. The standard InChI is InChI=1S/C16H23N3O2/c1-5-16-18-15(19-21-16)10-20-14-9-11(3)7-8-13(14)12(4)17-6-2/h7-9,12,17H,5-6,10H2,1-4H3. The number of aryl methyl sites for hydroxylation is 2. The molecule has 1 aromatic heterocycles. The first kappa shape index (κ1) is 15.5. The Labute approximate surface area is 125 Å². The lowest BCUT2D eigenvalue weighted by Gasteiger charge is -2.17. The summed E-state index contributed by atoms with van der Waals surface area (Å²) in [6.45, 7) is 9.49. The van der Waals surface area contributed by atoms with Crippen LogP contribution in [0.1, 0.15) is 49.7 Å². The first-order valence-electron chi connectivity index (χ1n) is 7.42. The van der Waals surface area contributed by atoms with E-state index in [0.29, 0.717) is 18.3 Å². The van der Waals surface area contributed by atoms with Gasteiger partial charge in [0.1, 0.15) is 5.75 Å². The van der Waals surface area contributed by atoms with Gasteiger partial charge in [0.05, 0.1) is 0 Å². The predicted molar refractivity (Wildman–Crippen MR) is 81.3 cm³/mol. The third-order valence-electron chi connectivity index (χ3n) is 3.32. The summed E-state index contributed by atoms with van der Waals surface area (Å²) in [5.41, 5.74) is 2.31. The normalized spacial score (nSPS) is 12.4. The highest BCUT2D eigenvalue weighted by Gasteiger charge is 2.12. The zero-order chi connectivity index (χ0) is 15.2. The molecule has 0 fully saturated rings. The molecule has 114 valence electrons. The molecule has 1 heterocycles. The number of nitrogens with zero attached hydrogens (tertiary/aromatic N) is 2. The van der Waals surface area contributed by atoms with E-state index in [1.54, 1.807) is 0 Å². The van der Waals surface area contributed by atoms with E-state index < -0.39 is 0 Å². The number of ether oxygens (including phenoxy) is 1. The second-order valence-corrected chi connectivity index (χ2v) is 5.07. The molecular weight excluding hydrogens is 266 g/mol. The summed E-state index contributed by atoms with van der Waals surface area (Å²) in [7, 11) is 0. The summed E-state index contributed by atoms with van der Waals surface area (Å²) >= 11 is 0. The molecule has 0 aliphatic carbocycles. The minimum absolute atomic E-state index is 0.238. The average Bonchev–Trinajstić information content (AvgIpc) is 2.93. The van der Waals surface area contributed by atoms with Crippen LogP contribution in [-0.2, 0) is 13.0 Å². The van der Waals surface area contributed by atoms with Crippen molar-refractivity contribution in [1.29, 1.82) is 0 Å². The second kappa shape index (κ2) is 7.22. The van der Waals surface area contributed by atoms with Crippen LogP contribution in [0.2, 0.25) is 0 Å². The van der Waals surface area contributed by atoms with Gasteiger partial charge in [-0.05, 0) is 32.0 Å². The van der Waals surface area contributed by atoms with Gasteiger partial charge in [0.2, 0.25) is 11.7 Å². The molecule has 0 amide bonds. The molecule has 2 rings (SSSR count). The molecule has 0 radical (unpaired) electrons. The lowest BCUT2D eigenvalue weighted by molar-refractivity contribution is 0.280. The highest BCUT2D eigenvalue weighted by Crippen LogP contribution is 2.27. The fourth-order valence-electron chi connectivity index (χ4n) is 2.18. The van der Waals surface area contributed by atoms with E-state index in [9.17, 15) is 0 Å². The Balaban J connectivity index is 2.12. The van der Waals surface area contributed by atoms with Gasteiger partial charge < -0.3 is 14.6 Å². The Kier molecular flexibility index (Phi) is 5.33. The lowest BCUT2D eigenvalue weighted by atomic mass is 10.0. The SMILES string of the molecule is CCNC(C)c1ccc(C)cc1OCc1noc(CC)n1. The van der Waals surface area contributed by atoms with E-state index in [4.69, 9.17) is 9.26 Å². The van der Waals surface area contributed by atoms with Gasteiger partial charge in [-0.3, -0.25) is 0 Å². The molecule has 5 nitrogen and oxygen atoms in total. The Morgan fingerprint density at radius 2 is 2.14 bits per heavy atom. The zero-order valence-corrected chi connectivity index (χ0v) is 13.1. The van der Waals surface area contributed by atoms with E-state index in [-0.39, 0.29) is 6.04 Å². The van der Waals surface area contributed by atoms with Gasteiger partial charge in [0.25, 0.3) is 0 Å². The van der Waals surface area contributed by atoms with Gasteiger partial charge in [-0.25, -0.2) is 0 Å². The molecule has 0 aliphatic rings. The van der Waals surface area contributed by atoms with Crippen molar-refractivity contribution < 1.29 is 9.26 Å². The van der Waals surface area contributed by atoms with Crippen LogP contribution in [0.25, 0.3) is 0 Å². The first-order chi connectivity index (χ1) is 10.1. The zero-order valence-electron chi connectivity index (χ0n) is 13.1. The van der Waals surface area contributed by atoms with E-state index in [2.05, 4.69) is 48.4 Å². The summed E-state index contributed by atoms with van der Waals surface area (Å²) in [6, 6.07) is 6.48. The minimum Gasteiger partial charge on any atom is -0.485 e. The third-order valence-corrected chi connectivity index (χ3v) is 3.32. The molecule has 5 heteroatoms. The van der Waals surface area contributed by atoms with Crippen LogP contribution in [-0.4, -0.2) is 16.7 Å². The van der Waals surface area contributed by atoms with Crippen LogP contribution < -0.4 is 10.1 Å². The lowest BCUT2D eigenvalue weighted by Crippen LogP contribution is -2.18. The molecule has 0 saturated heterocycles. The monoisotopic (exact) mass is 289 g/mol. The number of aromatic nitrogens is 2. The van der Waals surface area contributed by atoms with Gasteiger partial charge in [-0.1, -0.05) is 31.1 Å². The van der Waals surface area contributed by atoms with E-state index in [1.165, 1.54) is 5.56 Å². The first-order valence-corrected chi connectivity index (χ1v) is 7.42. The van der Waals surface area contributed by atoms with Crippen molar-refractivity contribution in [2.75, 3.05) is 6.54 Å². The molecule has 0 bridgehead atoms. The molecule has 1 unspecified atom stereocenters. The number of hydrogen-bond donors (Lipinski definition) is 1. The minimum atomic E-state index is 0.238. The maximum absolute atomic E-state index is 5.90. The van der Waals surface area contributed by atoms with Crippen LogP contribution in [0.15, 0.2) is 22.7 Å². The molecule has 0 aliphatic heterocycles. The highest BCUT2D eigenvalue weighted by atomic mass is 16.5. The van der Waals surface area contributed by atoms with E-state index in [0.717, 1.165) is 24.3 Å². The average molecular weight is 289 g/mol. The fourth-order valence-corrected chi connectivity index (χ4v) is 2.18. The van der Waals surface area contributed by atoms with Crippen molar-refractivity contribution >= 4 is 0 Å². The summed E-state index contributed by atoms with van der Waals surface area (Å²) in [5, 5.41) is 7.31. The maximum Gasteiger partial charge on any atom is 0.226 e. The topological polar surface area (TPSA) is 60.2 Å². The van der Waals surface area contributed by atoms with Crippen LogP contribution >= 0.6 is 0 Å². The third kappa shape index (κ3) is 4.04. The van der Waals surface area contributed by atoms with Gasteiger partial charge in [0, 0.05) is 18.0 Å². The molecular formula is C16H23N3O2. The summed E-state index contributed by atoms with van der Waals surface area (Å²) in [6.07, 6.45) is 0.736. The molecule has 0 saturated carbocycles. The molecule has 0 spiro atoms. The van der Waals surface area contributed by atoms with Crippen LogP contribution in [0.3, 0.4) is 0 Å². The maximum atomic E-state index is 5.90. The van der Waals surface area contributed by atoms with Crippen molar-refractivity contribution in [2.45, 2.75) is 46.8 Å². The van der Waals surface area contributed by atoms with Crippen LogP contribution in [0, 0.1) is 6.92 Å². The molecule has 2 aromatic rings. The number of rotatable bonds is 7. The Morgan fingerprint density at radius 1 is 1.33 bits per heavy atom.